The summed E-state index contributed by atoms with van der Waals surface area (Å²) in [7, 11) is 7.01. The minimum atomic E-state index is -2.68. The predicted molar refractivity (Wildman–Crippen MR) is 154 cm³/mol. The van der Waals surface area contributed by atoms with Gasteiger partial charge in [-0.15, -0.1) is 0 Å². The second-order valence-electron chi connectivity index (χ2n) is 12.7. The van der Waals surface area contributed by atoms with Crippen LogP contribution in [0.5, 0.6) is 5.75 Å². The van der Waals surface area contributed by atoms with E-state index in [1.807, 2.05) is 39.8 Å². The molecule has 4 atom stereocenters. The molecule has 42 heavy (non-hydrogen) atoms. The molecule has 0 saturated carbocycles. The average Bonchev–Trinajstić information content (AvgIpc) is 2.85. The largest absolute Gasteiger partial charge is 0.510 e. The molecule has 4 rings (SSSR count). The number of phenols is 1. The highest BCUT2D eigenvalue weighted by molar-refractivity contribution is 6.25. The monoisotopic (exact) mass is 584 g/mol. The number of fused-ring (bicyclic) bond motifs is 3. The second-order valence-corrected chi connectivity index (χ2v) is 12.7. The Balaban J connectivity index is 1.91. The molecule has 1 amide bonds. The number of aliphatic hydroxyl groups is 3. The minimum absolute atomic E-state index is 0.00350. The molecule has 0 bridgehead atoms. The second kappa shape index (κ2) is 10.8. The molecule has 228 valence electrons. The number of primary amides is 1. The number of carbonyl (C=O) groups excluding carboxylic acids is 3. The summed E-state index contributed by atoms with van der Waals surface area (Å²) in [5.41, 5.74) is 2.68. The summed E-state index contributed by atoms with van der Waals surface area (Å²) in [6.45, 7) is 6.21. The van der Waals surface area contributed by atoms with Gasteiger partial charge in [0.15, 0.2) is 11.4 Å². The van der Waals surface area contributed by atoms with Crippen LogP contribution in [0.1, 0.15) is 55.1 Å². The van der Waals surface area contributed by atoms with Crippen molar-refractivity contribution in [1.82, 2.24) is 9.80 Å². The number of amides is 1. The molecular formula is C30H40N4O8. The highest BCUT2D eigenvalue weighted by Crippen LogP contribution is 2.52. The Morgan fingerprint density at radius 1 is 1.14 bits per heavy atom. The lowest BCUT2D eigenvalue weighted by molar-refractivity contribution is -0.148. The fourth-order valence-electron chi connectivity index (χ4n) is 6.27. The number of allylic oxidation sites excluding steroid dienone is 1. The van der Waals surface area contributed by atoms with E-state index < -0.39 is 63.6 Å². The molecule has 3 aliphatic carbocycles. The van der Waals surface area contributed by atoms with Crippen LogP contribution < -0.4 is 5.73 Å². The molecule has 0 fully saturated rings. The van der Waals surface area contributed by atoms with E-state index in [0.29, 0.717) is 29.8 Å². The molecule has 3 aliphatic rings. The number of phenolic OH excluding ortho intramolecular Hbond substituents is 1. The van der Waals surface area contributed by atoms with Crippen LogP contribution in [0.3, 0.4) is 0 Å². The van der Waals surface area contributed by atoms with Crippen LogP contribution in [0.15, 0.2) is 40.0 Å². The van der Waals surface area contributed by atoms with E-state index in [1.54, 1.807) is 20.2 Å². The van der Waals surface area contributed by atoms with Crippen LogP contribution in [-0.2, 0) is 20.8 Å². The van der Waals surface area contributed by atoms with Gasteiger partial charge >= 0.3 is 0 Å². The van der Waals surface area contributed by atoms with Gasteiger partial charge in [0.2, 0.25) is 5.78 Å². The highest BCUT2D eigenvalue weighted by atomic mass is 16.6. The molecule has 1 aromatic rings. The zero-order valence-corrected chi connectivity index (χ0v) is 25.1. The van der Waals surface area contributed by atoms with Crippen molar-refractivity contribution < 1.29 is 39.6 Å². The smallest absolute Gasteiger partial charge is 0.255 e. The molecule has 6 N–H and O–H groups in total. The topological polar surface area (TPSA) is 186 Å². The number of aliphatic hydroxyl groups excluding tert-OH is 2. The molecule has 1 aromatic carbocycles. The van der Waals surface area contributed by atoms with Crippen molar-refractivity contribution in [1.29, 1.82) is 0 Å². The van der Waals surface area contributed by atoms with Gasteiger partial charge in [-0.25, -0.2) is 0 Å². The van der Waals surface area contributed by atoms with Gasteiger partial charge in [-0.2, -0.15) is 0 Å². The lowest BCUT2D eigenvalue weighted by Crippen LogP contribution is -2.63. The van der Waals surface area contributed by atoms with Crippen LogP contribution in [0.2, 0.25) is 0 Å². The predicted octanol–water partition coefficient (Wildman–Crippen LogP) is 1.59. The number of ketones is 2. The van der Waals surface area contributed by atoms with Gasteiger partial charge in [0.1, 0.15) is 28.4 Å². The van der Waals surface area contributed by atoms with Crippen molar-refractivity contribution in [3.8, 4) is 5.75 Å². The summed E-state index contributed by atoms with van der Waals surface area (Å²) in [5, 5.41) is 49.5. The molecule has 12 nitrogen and oxygen atoms in total. The number of hydrogen-bond donors (Lipinski definition) is 5. The lowest BCUT2D eigenvalue weighted by Gasteiger charge is -2.50. The number of likely N-dealkylation sites (N-methyl/N-ethyl adjacent to an activating group) is 1. The maximum atomic E-state index is 14.0. The normalized spacial score (nSPS) is 26.4. The third kappa shape index (κ3) is 5.07. The van der Waals surface area contributed by atoms with Crippen molar-refractivity contribution in [2.45, 2.75) is 57.3 Å². The summed E-state index contributed by atoms with van der Waals surface area (Å²) in [6, 6.07) is 1.99. The Bertz CT molecular complexity index is 1440. The number of rotatable bonds is 7. The number of oxime groups is 1. The molecule has 0 saturated heterocycles. The fourth-order valence-corrected chi connectivity index (χ4v) is 6.27. The SMILES string of the molecule is CN(C)CC/C(=N\OC(C)(C)C)c1ccc(O)c2c1C[C@H]1C[C@H]3[C@H](N(C)C)C(O)=C(C(N)=O)C(=O)[C@@]3(O)C(O)=C1C2=O. The minimum Gasteiger partial charge on any atom is -0.510 e. The van der Waals surface area contributed by atoms with Crippen molar-refractivity contribution in [2.75, 3.05) is 34.7 Å². The van der Waals surface area contributed by atoms with E-state index in [1.165, 1.54) is 11.0 Å². The third-order valence-electron chi connectivity index (χ3n) is 8.14. The van der Waals surface area contributed by atoms with Gasteiger partial charge in [0.25, 0.3) is 5.91 Å². The van der Waals surface area contributed by atoms with E-state index >= 15 is 0 Å². The van der Waals surface area contributed by atoms with Gasteiger partial charge in [-0.1, -0.05) is 5.16 Å². The van der Waals surface area contributed by atoms with Gasteiger partial charge in [0, 0.05) is 30.0 Å². The molecule has 0 aliphatic heterocycles. The Morgan fingerprint density at radius 3 is 2.33 bits per heavy atom. The van der Waals surface area contributed by atoms with E-state index in [4.69, 9.17) is 10.6 Å². The van der Waals surface area contributed by atoms with E-state index in [0.717, 1.165) is 0 Å². The third-order valence-corrected chi connectivity index (χ3v) is 8.14. The summed E-state index contributed by atoms with van der Waals surface area (Å²) >= 11 is 0. The number of nitrogens with two attached hydrogens (primary N) is 1. The molecular weight excluding hydrogens is 544 g/mol. The number of benzene rings is 1. The van der Waals surface area contributed by atoms with Gasteiger partial charge in [0.05, 0.1) is 17.3 Å². The fraction of sp³-hybridized carbons (Fsp3) is 0.533. The average molecular weight is 585 g/mol. The maximum Gasteiger partial charge on any atom is 0.255 e. The summed E-state index contributed by atoms with van der Waals surface area (Å²) in [5.74, 6) is -6.90. The van der Waals surface area contributed by atoms with Gasteiger partial charge < -0.3 is 35.9 Å². The lowest BCUT2D eigenvalue weighted by atomic mass is 9.58. The number of Topliss-reactive ketones (excluding diaryl/α,β-unsaturated/α-hetero) is 2. The first kappa shape index (κ1) is 31.2. The Hall–Kier alpha value is -3.74. The molecule has 0 unspecified atom stereocenters. The van der Waals surface area contributed by atoms with Crippen LogP contribution in [0.25, 0.3) is 0 Å². The van der Waals surface area contributed by atoms with E-state index in [2.05, 4.69) is 5.16 Å². The van der Waals surface area contributed by atoms with Crippen molar-refractivity contribution in [2.24, 2.45) is 22.7 Å². The van der Waals surface area contributed by atoms with Crippen LogP contribution >= 0.6 is 0 Å². The summed E-state index contributed by atoms with van der Waals surface area (Å²) in [6.07, 6.45) is 0.638. The Kier molecular flexibility index (Phi) is 8.04. The first-order valence-corrected chi connectivity index (χ1v) is 13.8. The zero-order chi connectivity index (χ0) is 31.5. The molecule has 0 radical (unpaired) electrons. The number of nitrogens with zero attached hydrogens (tertiary/aromatic N) is 3. The molecule has 12 heteroatoms. The van der Waals surface area contributed by atoms with E-state index in [-0.39, 0.29) is 29.7 Å². The van der Waals surface area contributed by atoms with Crippen molar-refractivity contribution in [3.63, 3.8) is 0 Å². The molecule has 0 aromatic heterocycles. The zero-order valence-electron chi connectivity index (χ0n) is 25.1. The van der Waals surface area contributed by atoms with E-state index in [9.17, 15) is 34.8 Å². The number of aromatic hydroxyl groups is 1. The number of carbonyl (C=O) groups is 3. The first-order valence-electron chi connectivity index (χ1n) is 13.8. The van der Waals surface area contributed by atoms with Crippen LogP contribution in [-0.4, -0.2) is 105 Å². The molecule has 0 spiro atoms. The number of hydrogen-bond acceptors (Lipinski definition) is 11. The summed E-state index contributed by atoms with van der Waals surface area (Å²) < 4.78 is 0. The van der Waals surface area contributed by atoms with Crippen molar-refractivity contribution >= 4 is 23.2 Å². The Labute approximate surface area is 244 Å². The standard InChI is InChI=1S/C30H40N4O8/c1-29(2,3)42-32-18(10-11-33(4)5)15-8-9-19(35)21-16(15)12-14-13-17-23(34(6)7)25(37)22(28(31)40)27(39)30(17,41)26(38)20(14)24(21)36/h8-9,14,17,23,35,37-38,41H,10-13H2,1-7H3,(H2,31,40)/b32-18+/t14-,17-,23-,30-/m0/s1. The van der Waals surface area contributed by atoms with Gasteiger partial charge in [-0.3, -0.25) is 19.3 Å². The van der Waals surface area contributed by atoms with Crippen molar-refractivity contribution in [3.05, 3.63) is 51.5 Å². The van der Waals surface area contributed by atoms with Crippen LogP contribution in [0, 0.1) is 11.8 Å². The van der Waals surface area contributed by atoms with Gasteiger partial charge in [-0.05, 0) is 85.4 Å². The highest BCUT2D eigenvalue weighted by Gasteiger charge is 2.63. The summed E-state index contributed by atoms with van der Waals surface area (Å²) in [4.78, 5) is 48.9. The molecule has 0 heterocycles. The quantitative estimate of drug-likeness (QED) is 0.179. The maximum absolute atomic E-state index is 14.0. The van der Waals surface area contributed by atoms with Crippen LogP contribution in [0.4, 0.5) is 0 Å². The first-order chi connectivity index (χ1) is 19.4. The Morgan fingerprint density at radius 2 is 1.79 bits per heavy atom.